The predicted octanol–water partition coefficient (Wildman–Crippen LogP) is 2.68. The van der Waals surface area contributed by atoms with Crippen molar-refractivity contribution in [3.05, 3.63) is 48.0 Å². The van der Waals surface area contributed by atoms with Crippen molar-refractivity contribution in [1.82, 2.24) is 0 Å². The van der Waals surface area contributed by atoms with Crippen molar-refractivity contribution in [2.45, 2.75) is 11.8 Å². The zero-order valence-corrected chi connectivity index (χ0v) is 14.9. The zero-order valence-electron chi connectivity index (χ0n) is 14.1. The lowest BCUT2D eigenvalue weighted by molar-refractivity contribution is 0.0526. The predicted molar refractivity (Wildman–Crippen MR) is 92.8 cm³/mol. The molecule has 8 heteroatoms. The van der Waals surface area contributed by atoms with Crippen LogP contribution < -0.4 is 14.2 Å². The second-order valence-electron chi connectivity index (χ2n) is 4.92. The van der Waals surface area contributed by atoms with Gasteiger partial charge in [-0.1, -0.05) is 0 Å². The van der Waals surface area contributed by atoms with E-state index in [0.29, 0.717) is 17.0 Å². The minimum absolute atomic E-state index is 0.0229. The van der Waals surface area contributed by atoms with Crippen LogP contribution in [0, 0.1) is 0 Å². The molecule has 0 unspecified atom stereocenters. The lowest BCUT2D eigenvalue weighted by Gasteiger charge is -2.13. The first-order valence-electron chi connectivity index (χ1n) is 7.43. The van der Waals surface area contributed by atoms with Crippen LogP contribution >= 0.6 is 0 Å². The number of rotatable bonds is 7. The summed E-state index contributed by atoms with van der Waals surface area (Å²) in [5.41, 5.74) is 0.651. The lowest BCUT2D eigenvalue weighted by atomic mass is 10.2. The van der Waals surface area contributed by atoms with E-state index in [2.05, 4.69) is 4.72 Å². The molecule has 2 aromatic carbocycles. The quantitative estimate of drug-likeness (QED) is 0.759. The van der Waals surface area contributed by atoms with Crippen molar-refractivity contribution in [3.63, 3.8) is 0 Å². The molecule has 0 aromatic heterocycles. The van der Waals surface area contributed by atoms with Crippen molar-refractivity contribution >= 4 is 21.7 Å². The molecule has 0 aliphatic heterocycles. The van der Waals surface area contributed by atoms with Gasteiger partial charge in [-0.05, 0) is 43.3 Å². The van der Waals surface area contributed by atoms with Crippen LogP contribution in [0.4, 0.5) is 5.69 Å². The molecule has 0 spiro atoms. The van der Waals surface area contributed by atoms with E-state index in [9.17, 15) is 13.2 Å². The summed E-state index contributed by atoms with van der Waals surface area (Å²) in [4.78, 5) is 11.6. The number of esters is 1. The van der Waals surface area contributed by atoms with Crippen molar-refractivity contribution in [1.29, 1.82) is 0 Å². The lowest BCUT2D eigenvalue weighted by Crippen LogP contribution is -2.14. The van der Waals surface area contributed by atoms with Crippen LogP contribution in [0.25, 0.3) is 0 Å². The van der Waals surface area contributed by atoms with E-state index >= 15 is 0 Å². The number of anilines is 1. The summed E-state index contributed by atoms with van der Waals surface area (Å²) < 4.78 is 42.7. The first kappa shape index (κ1) is 18.6. The number of benzene rings is 2. The summed E-state index contributed by atoms with van der Waals surface area (Å²) in [6.07, 6.45) is 0. The summed E-state index contributed by atoms with van der Waals surface area (Å²) in [6, 6.07) is 10.4. The third kappa shape index (κ3) is 4.42. The maximum absolute atomic E-state index is 12.6. The van der Waals surface area contributed by atoms with Gasteiger partial charge in [0, 0.05) is 11.8 Å². The minimum Gasteiger partial charge on any atom is -0.497 e. The normalized spacial score (nSPS) is 10.8. The highest BCUT2D eigenvalue weighted by Crippen LogP contribution is 2.29. The summed E-state index contributed by atoms with van der Waals surface area (Å²) in [6.45, 7) is 1.98. The van der Waals surface area contributed by atoms with E-state index < -0.39 is 16.0 Å². The standard InChI is InChI=1S/C17H19NO6S/c1-4-24-17(19)12-5-7-13(8-6-12)18-25(20,21)16-10-9-14(22-2)11-15(16)23-3/h5-11,18H,4H2,1-3H3. The van der Waals surface area contributed by atoms with Gasteiger partial charge < -0.3 is 14.2 Å². The molecule has 0 radical (unpaired) electrons. The minimum atomic E-state index is -3.87. The Balaban J connectivity index is 2.25. The fourth-order valence-electron chi connectivity index (χ4n) is 2.10. The largest absolute Gasteiger partial charge is 0.497 e. The molecule has 2 rings (SSSR count). The first-order valence-corrected chi connectivity index (χ1v) is 8.91. The number of carbonyl (C=O) groups excluding carboxylic acids is 1. The Bertz CT molecular complexity index is 846. The monoisotopic (exact) mass is 365 g/mol. The average molecular weight is 365 g/mol. The van der Waals surface area contributed by atoms with E-state index in [1.165, 1.54) is 56.7 Å². The molecule has 0 amide bonds. The molecule has 0 fully saturated rings. The van der Waals surface area contributed by atoms with E-state index in [4.69, 9.17) is 14.2 Å². The second kappa shape index (κ2) is 7.89. The van der Waals surface area contributed by atoms with Gasteiger partial charge in [-0.2, -0.15) is 0 Å². The number of carbonyl (C=O) groups is 1. The summed E-state index contributed by atoms with van der Waals surface area (Å²) in [7, 11) is -1.02. The van der Waals surface area contributed by atoms with Gasteiger partial charge in [0.2, 0.25) is 0 Å². The van der Waals surface area contributed by atoms with Crippen LogP contribution in [0.5, 0.6) is 11.5 Å². The number of ether oxygens (including phenoxy) is 3. The maximum atomic E-state index is 12.6. The molecule has 0 aliphatic carbocycles. The summed E-state index contributed by atoms with van der Waals surface area (Å²) in [5, 5.41) is 0. The molecular formula is C17H19NO6S. The third-order valence-electron chi connectivity index (χ3n) is 3.31. The Morgan fingerprint density at radius 1 is 1.04 bits per heavy atom. The third-order valence-corrected chi connectivity index (χ3v) is 4.73. The summed E-state index contributed by atoms with van der Waals surface area (Å²) >= 11 is 0. The van der Waals surface area contributed by atoms with E-state index in [0.717, 1.165) is 0 Å². The zero-order chi connectivity index (χ0) is 18.4. The van der Waals surface area contributed by atoms with Crippen LogP contribution in [-0.2, 0) is 14.8 Å². The average Bonchev–Trinajstić information content (AvgIpc) is 2.61. The van der Waals surface area contributed by atoms with Gasteiger partial charge in [-0.25, -0.2) is 13.2 Å². The molecule has 134 valence electrons. The van der Waals surface area contributed by atoms with Crippen molar-refractivity contribution in [2.24, 2.45) is 0 Å². The fraction of sp³-hybridized carbons (Fsp3) is 0.235. The van der Waals surface area contributed by atoms with Crippen molar-refractivity contribution in [3.8, 4) is 11.5 Å². The highest BCUT2D eigenvalue weighted by atomic mass is 32.2. The topological polar surface area (TPSA) is 90.9 Å². The van der Waals surface area contributed by atoms with Gasteiger partial charge in [0.1, 0.15) is 16.4 Å². The smallest absolute Gasteiger partial charge is 0.338 e. The molecule has 0 heterocycles. The highest BCUT2D eigenvalue weighted by molar-refractivity contribution is 7.92. The van der Waals surface area contributed by atoms with Gasteiger partial charge in [0.15, 0.2) is 0 Å². The Morgan fingerprint density at radius 3 is 2.28 bits per heavy atom. The molecule has 2 aromatic rings. The SMILES string of the molecule is CCOC(=O)c1ccc(NS(=O)(=O)c2ccc(OC)cc2OC)cc1. The van der Waals surface area contributed by atoms with Crippen LogP contribution in [0.15, 0.2) is 47.4 Å². The number of hydrogen-bond acceptors (Lipinski definition) is 6. The van der Waals surface area contributed by atoms with Crippen LogP contribution in [-0.4, -0.2) is 35.2 Å². The Hall–Kier alpha value is -2.74. The number of hydrogen-bond donors (Lipinski definition) is 1. The van der Waals surface area contributed by atoms with Crippen LogP contribution in [0.3, 0.4) is 0 Å². The molecule has 0 aliphatic rings. The number of methoxy groups -OCH3 is 2. The van der Waals surface area contributed by atoms with E-state index in [1.807, 2.05) is 0 Å². The molecule has 7 nitrogen and oxygen atoms in total. The maximum Gasteiger partial charge on any atom is 0.338 e. The Kier molecular flexibility index (Phi) is 5.87. The molecular weight excluding hydrogens is 346 g/mol. The van der Waals surface area contributed by atoms with Crippen molar-refractivity contribution in [2.75, 3.05) is 25.5 Å². The van der Waals surface area contributed by atoms with Crippen molar-refractivity contribution < 1.29 is 27.4 Å². The van der Waals surface area contributed by atoms with Crippen LogP contribution in [0.1, 0.15) is 17.3 Å². The Morgan fingerprint density at radius 2 is 1.72 bits per heavy atom. The molecule has 0 bridgehead atoms. The molecule has 25 heavy (non-hydrogen) atoms. The van der Waals surface area contributed by atoms with Gasteiger partial charge in [-0.3, -0.25) is 4.72 Å². The molecule has 1 N–H and O–H groups in total. The van der Waals surface area contributed by atoms with E-state index in [-0.39, 0.29) is 17.3 Å². The molecule has 0 saturated heterocycles. The Labute approximate surface area is 146 Å². The van der Waals surface area contributed by atoms with E-state index in [1.54, 1.807) is 6.92 Å². The van der Waals surface area contributed by atoms with Gasteiger partial charge in [0.05, 0.1) is 26.4 Å². The fourth-order valence-corrected chi connectivity index (χ4v) is 3.31. The first-order chi connectivity index (χ1) is 11.9. The highest BCUT2D eigenvalue weighted by Gasteiger charge is 2.20. The molecule has 0 saturated carbocycles. The number of sulfonamides is 1. The van der Waals surface area contributed by atoms with Crippen LogP contribution in [0.2, 0.25) is 0 Å². The van der Waals surface area contributed by atoms with Gasteiger partial charge >= 0.3 is 5.97 Å². The second-order valence-corrected chi connectivity index (χ2v) is 6.57. The number of nitrogens with one attached hydrogen (secondary N) is 1. The van der Waals surface area contributed by atoms with Gasteiger partial charge in [0.25, 0.3) is 10.0 Å². The molecule has 0 atom stereocenters. The summed E-state index contributed by atoms with van der Waals surface area (Å²) in [5.74, 6) is 0.179. The van der Waals surface area contributed by atoms with Gasteiger partial charge in [-0.15, -0.1) is 0 Å².